The molecule has 0 spiro atoms. The van der Waals surface area contributed by atoms with E-state index in [1.807, 2.05) is 30.3 Å². The van der Waals surface area contributed by atoms with Gasteiger partial charge in [-0.1, -0.05) is 30.3 Å². The van der Waals surface area contributed by atoms with E-state index in [1.54, 1.807) is 11.0 Å². The quantitative estimate of drug-likeness (QED) is 0.865. The minimum atomic E-state index is -1.02. The van der Waals surface area contributed by atoms with Crippen molar-refractivity contribution in [3.8, 4) is 0 Å². The van der Waals surface area contributed by atoms with Gasteiger partial charge in [0.15, 0.2) is 5.78 Å². The molecule has 5 nitrogen and oxygen atoms in total. The molecule has 1 aromatic heterocycles. The normalized spacial score (nSPS) is 15.2. The third-order valence-electron chi connectivity index (χ3n) is 4.24. The van der Waals surface area contributed by atoms with Gasteiger partial charge in [0.1, 0.15) is 4.88 Å². The highest BCUT2D eigenvalue weighted by Crippen LogP contribution is 2.25. The number of Topliss-reactive ketones (excluding diaryl/α,β-unsaturated/α-hetero) is 1. The minimum absolute atomic E-state index is 0.0608. The molecule has 6 heteroatoms. The van der Waals surface area contributed by atoms with Crippen molar-refractivity contribution < 1.29 is 19.5 Å². The van der Waals surface area contributed by atoms with Gasteiger partial charge in [-0.25, -0.2) is 4.79 Å². The van der Waals surface area contributed by atoms with E-state index in [-0.39, 0.29) is 22.5 Å². The molecule has 1 aliphatic rings. The Morgan fingerprint density at radius 2 is 1.58 bits per heavy atom. The predicted molar refractivity (Wildman–Crippen MR) is 90.7 cm³/mol. The van der Waals surface area contributed by atoms with Crippen LogP contribution in [0.15, 0.2) is 42.5 Å². The maximum atomic E-state index is 12.5. The molecular weight excluding hydrogens is 326 g/mol. The summed E-state index contributed by atoms with van der Waals surface area (Å²) in [5.74, 6) is -1.11. The molecule has 2 aromatic rings. The zero-order valence-electron chi connectivity index (χ0n) is 13.0. The summed E-state index contributed by atoms with van der Waals surface area (Å²) in [5.41, 5.74) is 0.714. The lowest BCUT2D eigenvalue weighted by atomic mass is 9.89. The number of carbonyl (C=O) groups is 3. The number of rotatable bonds is 4. The first-order chi connectivity index (χ1) is 11.6. The van der Waals surface area contributed by atoms with E-state index in [9.17, 15) is 14.4 Å². The molecule has 0 atom stereocenters. The maximum absolute atomic E-state index is 12.5. The predicted octanol–water partition coefficient (Wildman–Crippen LogP) is 3.18. The van der Waals surface area contributed by atoms with Gasteiger partial charge in [0.05, 0.1) is 4.88 Å². The average Bonchev–Trinajstić information content (AvgIpc) is 3.12. The molecule has 0 aliphatic carbocycles. The summed E-state index contributed by atoms with van der Waals surface area (Å²) in [5, 5.41) is 8.94. The number of thiophene rings is 1. The van der Waals surface area contributed by atoms with Crippen LogP contribution < -0.4 is 0 Å². The summed E-state index contributed by atoms with van der Waals surface area (Å²) < 4.78 is 0. The van der Waals surface area contributed by atoms with Gasteiger partial charge in [0, 0.05) is 24.6 Å². The lowest BCUT2D eigenvalue weighted by Gasteiger charge is -2.31. The molecule has 1 fully saturated rings. The van der Waals surface area contributed by atoms with Crippen molar-refractivity contribution in [1.82, 2.24) is 4.90 Å². The number of aromatic carboxylic acids is 1. The molecule has 0 saturated carbocycles. The van der Waals surface area contributed by atoms with Crippen LogP contribution in [-0.4, -0.2) is 40.8 Å². The lowest BCUT2D eigenvalue weighted by Crippen LogP contribution is -2.40. The monoisotopic (exact) mass is 343 g/mol. The molecule has 3 rings (SSSR count). The van der Waals surface area contributed by atoms with Gasteiger partial charge in [-0.15, -0.1) is 11.3 Å². The van der Waals surface area contributed by atoms with Crippen LogP contribution in [0.3, 0.4) is 0 Å². The molecule has 0 unspecified atom stereocenters. The van der Waals surface area contributed by atoms with Gasteiger partial charge in [-0.05, 0) is 25.0 Å². The number of carboxylic acids is 1. The Bertz CT molecular complexity index is 760. The summed E-state index contributed by atoms with van der Waals surface area (Å²) in [6.45, 7) is 1.03. The van der Waals surface area contributed by atoms with E-state index in [0.29, 0.717) is 36.4 Å². The molecule has 1 amide bonds. The van der Waals surface area contributed by atoms with E-state index in [2.05, 4.69) is 0 Å². The number of likely N-dealkylation sites (tertiary alicyclic amines) is 1. The van der Waals surface area contributed by atoms with Gasteiger partial charge in [0.2, 0.25) is 0 Å². The average molecular weight is 343 g/mol. The van der Waals surface area contributed by atoms with Gasteiger partial charge >= 0.3 is 5.97 Å². The van der Waals surface area contributed by atoms with Crippen molar-refractivity contribution in [3.63, 3.8) is 0 Å². The second-order valence-corrected chi connectivity index (χ2v) is 6.85. The molecular formula is C18H17NO4S. The second kappa shape index (κ2) is 6.97. The number of ketones is 1. The van der Waals surface area contributed by atoms with E-state index in [4.69, 9.17) is 5.11 Å². The maximum Gasteiger partial charge on any atom is 0.345 e. The van der Waals surface area contributed by atoms with Crippen molar-refractivity contribution in [2.45, 2.75) is 12.8 Å². The zero-order valence-corrected chi connectivity index (χ0v) is 13.8. The van der Waals surface area contributed by atoms with Crippen molar-refractivity contribution in [1.29, 1.82) is 0 Å². The number of hydrogen-bond donors (Lipinski definition) is 1. The third-order valence-corrected chi connectivity index (χ3v) is 5.30. The number of amides is 1. The first kappa shape index (κ1) is 16.4. The zero-order chi connectivity index (χ0) is 17.1. The molecule has 1 N–H and O–H groups in total. The molecule has 1 saturated heterocycles. The van der Waals surface area contributed by atoms with Crippen LogP contribution in [0.4, 0.5) is 0 Å². The number of hydrogen-bond acceptors (Lipinski definition) is 4. The van der Waals surface area contributed by atoms with Crippen molar-refractivity contribution in [2.24, 2.45) is 5.92 Å². The third kappa shape index (κ3) is 3.38. The summed E-state index contributed by atoms with van der Waals surface area (Å²) >= 11 is 0.989. The van der Waals surface area contributed by atoms with Crippen LogP contribution in [0.5, 0.6) is 0 Å². The molecule has 0 bridgehead atoms. The second-order valence-electron chi connectivity index (χ2n) is 5.77. The summed E-state index contributed by atoms with van der Waals surface area (Å²) in [6.07, 6.45) is 1.27. The fraction of sp³-hybridized carbons (Fsp3) is 0.278. The highest BCUT2D eigenvalue weighted by molar-refractivity contribution is 7.15. The molecule has 24 heavy (non-hydrogen) atoms. The molecule has 0 radical (unpaired) electrons. The van der Waals surface area contributed by atoms with E-state index >= 15 is 0 Å². The van der Waals surface area contributed by atoms with E-state index < -0.39 is 5.97 Å². The minimum Gasteiger partial charge on any atom is -0.477 e. The Labute approximate surface area is 143 Å². The van der Waals surface area contributed by atoms with Crippen LogP contribution in [0.1, 0.15) is 42.5 Å². The Hall–Kier alpha value is -2.47. The lowest BCUT2D eigenvalue weighted by molar-refractivity contribution is 0.0654. The van der Waals surface area contributed by atoms with Gasteiger partial charge < -0.3 is 10.0 Å². The Kier molecular flexibility index (Phi) is 4.76. The first-order valence-electron chi connectivity index (χ1n) is 7.78. The van der Waals surface area contributed by atoms with Crippen molar-refractivity contribution >= 4 is 29.0 Å². The van der Waals surface area contributed by atoms with E-state index in [1.165, 1.54) is 6.07 Å². The molecule has 1 aliphatic heterocycles. The highest BCUT2D eigenvalue weighted by Gasteiger charge is 2.29. The van der Waals surface area contributed by atoms with Gasteiger partial charge in [-0.3, -0.25) is 9.59 Å². The van der Waals surface area contributed by atoms with Crippen molar-refractivity contribution in [2.75, 3.05) is 13.1 Å². The standard InChI is InChI=1S/C18H17NO4S/c20-16(12-4-2-1-3-5-12)13-8-10-19(11-9-13)17(21)14-6-7-15(24-14)18(22)23/h1-7,13H,8-11H2,(H,22,23). The number of piperidine rings is 1. The highest BCUT2D eigenvalue weighted by atomic mass is 32.1. The van der Waals surface area contributed by atoms with Crippen LogP contribution >= 0.6 is 11.3 Å². The number of benzene rings is 1. The SMILES string of the molecule is O=C(O)c1ccc(C(=O)N2CCC(C(=O)c3ccccc3)CC2)s1. The number of nitrogens with zero attached hydrogens (tertiary/aromatic N) is 1. The van der Waals surface area contributed by atoms with Crippen LogP contribution in [0.25, 0.3) is 0 Å². The molecule has 124 valence electrons. The van der Waals surface area contributed by atoms with Crippen LogP contribution in [-0.2, 0) is 0 Å². The largest absolute Gasteiger partial charge is 0.477 e. The van der Waals surface area contributed by atoms with E-state index in [0.717, 1.165) is 11.3 Å². The number of carboxylic acid groups (broad SMARTS) is 1. The van der Waals surface area contributed by atoms with Crippen LogP contribution in [0.2, 0.25) is 0 Å². The first-order valence-corrected chi connectivity index (χ1v) is 8.59. The molecule has 1 aromatic carbocycles. The van der Waals surface area contributed by atoms with Crippen LogP contribution in [0, 0.1) is 5.92 Å². The fourth-order valence-electron chi connectivity index (χ4n) is 2.91. The summed E-state index contributed by atoms with van der Waals surface area (Å²) in [4.78, 5) is 38.1. The van der Waals surface area contributed by atoms with Gasteiger partial charge in [-0.2, -0.15) is 0 Å². The Balaban J connectivity index is 1.61. The topological polar surface area (TPSA) is 74.7 Å². The number of carbonyl (C=O) groups excluding carboxylic acids is 2. The van der Waals surface area contributed by atoms with Gasteiger partial charge in [0.25, 0.3) is 5.91 Å². The molecule has 2 heterocycles. The summed E-state index contributed by atoms with van der Waals surface area (Å²) in [6, 6.07) is 12.2. The Morgan fingerprint density at radius 3 is 2.17 bits per heavy atom. The Morgan fingerprint density at radius 1 is 0.958 bits per heavy atom. The fourth-order valence-corrected chi connectivity index (χ4v) is 3.72. The van der Waals surface area contributed by atoms with Crippen molar-refractivity contribution in [3.05, 3.63) is 57.8 Å². The smallest absolute Gasteiger partial charge is 0.345 e. The summed E-state index contributed by atoms with van der Waals surface area (Å²) in [7, 11) is 0.